The van der Waals surface area contributed by atoms with Gasteiger partial charge in [-0.05, 0) is 47.9 Å². The lowest BCUT2D eigenvalue weighted by Gasteiger charge is -2.04. The van der Waals surface area contributed by atoms with Crippen LogP contribution in [0.25, 0.3) is 16.5 Å². The van der Waals surface area contributed by atoms with E-state index in [-0.39, 0.29) is 10.8 Å². The smallest absolute Gasteiger partial charge is 0.244 e. The Morgan fingerprint density at radius 1 is 1.00 bits per heavy atom. The van der Waals surface area contributed by atoms with Crippen LogP contribution in [-0.4, -0.2) is 20.9 Å². The monoisotopic (exact) mass is 412 g/mol. The molecule has 3 rings (SSSR count). The number of thiophene rings is 1. The quantitative estimate of drug-likeness (QED) is 0.583. The van der Waals surface area contributed by atoms with Crippen molar-refractivity contribution in [2.24, 2.45) is 5.14 Å². The van der Waals surface area contributed by atoms with Gasteiger partial charge in [0, 0.05) is 22.4 Å². The number of benzene rings is 2. The first-order valence-corrected chi connectivity index (χ1v) is 11.0. The van der Waals surface area contributed by atoms with E-state index in [0.717, 1.165) is 20.9 Å². The zero-order valence-corrected chi connectivity index (χ0v) is 16.7. The molecule has 1 aromatic heterocycles. The Bertz CT molecular complexity index is 1070. The number of sulfonamides is 1. The molecule has 0 bridgehead atoms. The van der Waals surface area contributed by atoms with Crippen LogP contribution in [0, 0.1) is 0 Å². The van der Waals surface area contributed by atoms with Crippen LogP contribution >= 0.6 is 11.3 Å². The summed E-state index contributed by atoms with van der Waals surface area (Å²) in [4.78, 5) is 14.2. The summed E-state index contributed by atoms with van der Waals surface area (Å²) >= 11 is 1.63. The van der Waals surface area contributed by atoms with Crippen LogP contribution in [0.4, 0.5) is 0 Å². The molecule has 0 saturated heterocycles. The van der Waals surface area contributed by atoms with Gasteiger partial charge in [-0.2, -0.15) is 0 Å². The molecule has 0 saturated carbocycles. The molecule has 7 heteroatoms. The average Bonchev–Trinajstić information content (AvgIpc) is 3.16. The van der Waals surface area contributed by atoms with Crippen molar-refractivity contribution in [2.45, 2.75) is 11.3 Å². The molecular formula is C21H20N2O3S2. The van der Waals surface area contributed by atoms with Crippen molar-refractivity contribution in [1.29, 1.82) is 0 Å². The number of nitrogens with two attached hydrogens (primary N) is 1. The molecule has 0 spiro atoms. The van der Waals surface area contributed by atoms with E-state index in [4.69, 9.17) is 5.14 Å². The molecule has 0 aliphatic carbocycles. The maximum Gasteiger partial charge on any atom is 0.244 e. The molecule has 2 aromatic carbocycles. The topological polar surface area (TPSA) is 89.3 Å². The lowest BCUT2D eigenvalue weighted by molar-refractivity contribution is -0.116. The normalized spacial score (nSPS) is 11.6. The van der Waals surface area contributed by atoms with Crippen molar-refractivity contribution in [3.05, 3.63) is 83.2 Å². The Hall–Kier alpha value is -2.74. The van der Waals surface area contributed by atoms with E-state index in [1.165, 1.54) is 18.2 Å². The second kappa shape index (κ2) is 8.97. The van der Waals surface area contributed by atoms with Crippen LogP contribution in [0.2, 0.25) is 0 Å². The standard InChI is InChI=1S/C21H20N2O3S2/c22-28(25,26)19-10-6-16(7-11-19)14-15-23-21(24)13-9-18-8-12-20(27-18)17-4-2-1-3-5-17/h1-13H,14-15H2,(H,23,24)(H2,22,25,26)/b13-9+. The van der Waals surface area contributed by atoms with Crippen molar-refractivity contribution in [1.82, 2.24) is 5.32 Å². The summed E-state index contributed by atoms with van der Waals surface area (Å²) in [7, 11) is -3.68. The summed E-state index contributed by atoms with van der Waals surface area (Å²) < 4.78 is 22.5. The summed E-state index contributed by atoms with van der Waals surface area (Å²) in [6.45, 7) is 0.456. The first-order valence-electron chi connectivity index (χ1n) is 8.65. The van der Waals surface area contributed by atoms with Crippen LogP contribution in [-0.2, 0) is 21.2 Å². The minimum absolute atomic E-state index is 0.0778. The first kappa shape index (κ1) is 20.0. The minimum atomic E-state index is -3.68. The van der Waals surface area contributed by atoms with Crippen molar-refractivity contribution in [3.8, 4) is 10.4 Å². The minimum Gasteiger partial charge on any atom is -0.352 e. The third-order valence-corrected chi connectivity index (χ3v) is 6.08. The third-order valence-electron chi connectivity index (χ3n) is 4.05. The van der Waals surface area contributed by atoms with Gasteiger partial charge in [0.25, 0.3) is 0 Å². The van der Waals surface area contributed by atoms with Gasteiger partial charge >= 0.3 is 0 Å². The summed E-state index contributed by atoms with van der Waals surface area (Å²) in [5.41, 5.74) is 2.08. The summed E-state index contributed by atoms with van der Waals surface area (Å²) in [5, 5.41) is 7.89. The maximum atomic E-state index is 12.0. The predicted molar refractivity (Wildman–Crippen MR) is 113 cm³/mol. The number of hydrogen-bond donors (Lipinski definition) is 2. The number of nitrogens with one attached hydrogen (secondary N) is 1. The molecule has 0 atom stereocenters. The van der Waals surface area contributed by atoms with Gasteiger partial charge in [-0.3, -0.25) is 4.79 Å². The van der Waals surface area contributed by atoms with Crippen LogP contribution in [0.5, 0.6) is 0 Å². The summed E-state index contributed by atoms with van der Waals surface area (Å²) in [6.07, 6.45) is 3.92. The lowest BCUT2D eigenvalue weighted by atomic mass is 10.1. The number of hydrogen-bond acceptors (Lipinski definition) is 4. The number of rotatable bonds is 7. The molecule has 0 unspecified atom stereocenters. The molecule has 3 N–H and O–H groups in total. The van der Waals surface area contributed by atoms with Gasteiger partial charge in [0.15, 0.2) is 0 Å². The predicted octanol–water partition coefficient (Wildman–Crippen LogP) is 3.43. The number of carbonyl (C=O) groups is 1. The van der Waals surface area contributed by atoms with Gasteiger partial charge in [-0.15, -0.1) is 11.3 Å². The van der Waals surface area contributed by atoms with E-state index in [1.807, 2.05) is 30.3 Å². The summed E-state index contributed by atoms with van der Waals surface area (Å²) in [6, 6.07) is 20.4. The second-order valence-electron chi connectivity index (χ2n) is 6.13. The fraction of sp³-hybridized carbons (Fsp3) is 0.0952. The molecule has 5 nitrogen and oxygen atoms in total. The van der Waals surface area contributed by atoms with E-state index in [2.05, 4.69) is 17.4 Å². The van der Waals surface area contributed by atoms with E-state index in [9.17, 15) is 13.2 Å². The Kier molecular flexibility index (Phi) is 6.41. The Labute approximate surface area is 168 Å². The number of carbonyl (C=O) groups excluding carboxylic acids is 1. The van der Waals surface area contributed by atoms with Crippen LogP contribution in [0.15, 0.2) is 77.7 Å². The second-order valence-corrected chi connectivity index (χ2v) is 8.81. The molecule has 144 valence electrons. The first-order chi connectivity index (χ1) is 13.4. The number of amides is 1. The van der Waals surface area contributed by atoms with Crippen molar-refractivity contribution < 1.29 is 13.2 Å². The number of primary sulfonamides is 1. The van der Waals surface area contributed by atoms with Gasteiger partial charge in [0.1, 0.15) is 0 Å². The molecule has 3 aromatic rings. The molecule has 0 aliphatic heterocycles. The zero-order chi connectivity index (χ0) is 20.0. The van der Waals surface area contributed by atoms with Crippen molar-refractivity contribution in [2.75, 3.05) is 6.54 Å². The van der Waals surface area contributed by atoms with Crippen LogP contribution in [0.1, 0.15) is 10.4 Å². The van der Waals surface area contributed by atoms with Gasteiger partial charge in [0.05, 0.1) is 4.90 Å². The zero-order valence-electron chi connectivity index (χ0n) is 15.0. The van der Waals surface area contributed by atoms with Crippen molar-refractivity contribution >= 4 is 33.3 Å². The van der Waals surface area contributed by atoms with Crippen molar-refractivity contribution in [3.63, 3.8) is 0 Å². The molecule has 1 heterocycles. The lowest BCUT2D eigenvalue weighted by Crippen LogP contribution is -2.23. The van der Waals surface area contributed by atoms with Gasteiger partial charge in [0.2, 0.25) is 15.9 Å². The molecule has 0 aliphatic rings. The SMILES string of the molecule is NS(=O)(=O)c1ccc(CCNC(=O)/C=C/c2ccc(-c3ccccc3)s2)cc1. The average molecular weight is 413 g/mol. The fourth-order valence-electron chi connectivity index (χ4n) is 2.59. The maximum absolute atomic E-state index is 12.0. The molecule has 0 radical (unpaired) electrons. The highest BCUT2D eigenvalue weighted by Crippen LogP contribution is 2.28. The Balaban J connectivity index is 1.49. The van der Waals surface area contributed by atoms with E-state index in [0.29, 0.717) is 13.0 Å². The fourth-order valence-corrected chi connectivity index (χ4v) is 4.02. The summed E-state index contributed by atoms with van der Waals surface area (Å²) in [5.74, 6) is -0.171. The molecule has 28 heavy (non-hydrogen) atoms. The molecule has 0 fully saturated rings. The van der Waals surface area contributed by atoms with E-state index in [1.54, 1.807) is 29.5 Å². The Morgan fingerprint density at radius 2 is 1.71 bits per heavy atom. The van der Waals surface area contributed by atoms with Crippen LogP contribution in [0.3, 0.4) is 0 Å². The highest BCUT2D eigenvalue weighted by Gasteiger charge is 2.06. The van der Waals surface area contributed by atoms with E-state index < -0.39 is 10.0 Å². The highest BCUT2D eigenvalue weighted by atomic mass is 32.2. The highest BCUT2D eigenvalue weighted by molar-refractivity contribution is 7.89. The van der Waals surface area contributed by atoms with Gasteiger partial charge in [-0.25, -0.2) is 13.6 Å². The third kappa shape index (κ3) is 5.63. The van der Waals surface area contributed by atoms with Crippen LogP contribution < -0.4 is 10.5 Å². The van der Waals surface area contributed by atoms with Gasteiger partial charge < -0.3 is 5.32 Å². The van der Waals surface area contributed by atoms with E-state index >= 15 is 0 Å². The molecule has 1 amide bonds. The largest absolute Gasteiger partial charge is 0.352 e. The Morgan fingerprint density at radius 3 is 2.39 bits per heavy atom. The molecular weight excluding hydrogens is 392 g/mol. The van der Waals surface area contributed by atoms with Gasteiger partial charge in [-0.1, -0.05) is 42.5 Å².